The molecule has 0 aliphatic rings. The molecular formula is C18H24N2O4. The molecule has 2 aromatic rings. The minimum atomic E-state index is -1.06. The molecule has 0 bridgehead atoms. The first-order valence-corrected chi connectivity index (χ1v) is 7.94. The molecule has 2 unspecified atom stereocenters. The van der Waals surface area contributed by atoms with Crippen LogP contribution in [-0.4, -0.2) is 39.5 Å². The number of aromatic nitrogens is 1. The topological polar surface area (TPSA) is 91.7 Å². The minimum absolute atomic E-state index is 0.205. The van der Waals surface area contributed by atoms with Crippen molar-refractivity contribution in [3.63, 3.8) is 0 Å². The second-order valence-electron chi connectivity index (χ2n) is 6.65. The Morgan fingerprint density at radius 1 is 1.25 bits per heavy atom. The maximum Gasteiger partial charge on any atom is 0.407 e. The molecule has 0 saturated heterocycles. The van der Waals surface area contributed by atoms with Gasteiger partial charge in [-0.25, -0.2) is 4.79 Å². The van der Waals surface area contributed by atoms with Gasteiger partial charge >= 0.3 is 6.09 Å². The van der Waals surface area contributed by atoms with Crippen LogP contribution >= 0.6 is 0 Å². The van der Waals surface area contributed by atoms with Crippen LogP contribution in [0.3, 0.4) is 0 Å². The third kappa shape index (κ3) is 4.91. The molecule has 0 aliphatic carbocycles. The van der Waals surface area contributed by atoms with Crippen molar-refractivity contribution in [2.45, 2.75) is 45.0 Å². The van der Waals surface area contributed by atoms with Gasteiger partial charge in [-0.2, -0.15) is 0 Å². The molecule has 2 rings (SSSR count). The molecule has 3 N–H and O–H groups in total. The fourth-order valence-electron chi connectivity index (χ4n) is 2.39. The number of carbonyl (C=O) groups excluding carboxylic acids is 1. The lowest BCUT2D eigenvalue weighted by molar-refractivity contribution is 0.0131. The van der Waals surface area contributed by atoms with Gasteiger partial charge in [0.25, 0.3) is 0 Å². The van der Waals surface area contributed by atoms with Crippen molar-refractivity contribution in [2.24, 2.45) is 0 Å². The zero-order chi connectivity index (χ0) is 17.7. The van der Waals surface area contributed by atoms with Gasteiger partial charge in [0.15, 0.2) is 0 Å². The second-order valence-corrected chi connectivity index (χ2v) is 6.65. The van der Waals surface area contributed by atoms with Gasteiger partial charge in [0.1, 0.15) is 11.7 Å². The number of carbonyl (C=O) groups is 1. The number of aliphatic hydroxyl groups excluding tert-OH is 2. The van der Waals surface area contributed by atoms with Crippen molar-refractivity contribution >= 4 is 17.0 Å². The van der Waals surface area contributed by atoms with Crippen LogP contribution in [0.25, 0.3) is 10.9 Å². The highest BCUT2D eigenvalue weighted by atomic mass is 16.6. The SMILES string of the molecule is CC(C)(C)OC(=O)NCCC(O)C(O)c1cccc2ncccc12. The second kappa shape index (κ2) is 7.59. The average molecular weight is 332 g/mol. The molecule has 130 valence electrons. The lowest BCUT2D eigenvalue weighted by Gasteiger charge is -2.21. The first-order chi connectivity index (χ1) is 11.3. The number of ether oxygens (including phenoxy) is 1. The van der Waals surface area contributed by atoms with E-state index in [0.29, 0.717) is 5.56 Å². The monoisotopic (exact) mass is 332 g/mol. The van der Waals surface area contributed by atoms with Crippen molar-refractivity contribution in [3.05, 3.63) is 42.1 Å². The smallest absolute Gasteiger partial charge is 0.407 e. The number of fused-ring (bicyclic) bond motifs is 1. The van der Waals surface area contributed by atoms with Crippen LogP contribution in [0.2, 0.25) is 0 Å². The van der Waals surface area contributed by atoms with Gasteiger partial charge in [-0.15, -0.1) is 0 Å². The lowest BCUT2D eigenvalue weighted by atomic mass is 9.98. The number of aliphatic hydroxyl groups is 2. The van der Waals surface area contributed by atoms with E-state index in [1.807, 2.05) is 12.1 Å². The van der Waals surface area contributed by atoms with Gasteiger partial charge in [0.2, 0.25) is 0 Å². The summed E-state index contributed by atoms with van der Waals surface area (Å²) in [6.07, 6.45) is -0.723. The van der Waals surface area contributed by atoms with E-state index >= 15 is 0 Å². The van der Waals surface area contributed by atoms with Crippen molar-refractivity contribution in [1.82, 2.24) is 10.3 Å². The number of rotatable bonds is 5. The molecule has 0 fully saturated rings. The maximum absolute atomic E-state index is 11.6. The van der Waals surface area contributed by atoms with Crippen molar-refractivity contribution < 1.29 is 19.7 Å². The van der Waals surface area contributed by atoms with E-state index in [4.69, 9.17) is 4.74 Å². The van der Waals surface area contributed by atoms with Gasteiger partial charge in [-0.1, -0.05) is 18.2 Å². The third-order valence-corrected chi connectivity index (χ3v) is 3.47. The minimum Gasteiger partial charge on any atom is -0.444 e. The number of alkyl carbamates (subject to hydrolysis) is 1. The summed E-state index contributed by atoms with van der Waals surface area (Å²) in [5.41, 5.74) is 0.802. The van der Waals surface area contributed by atoms with Gasteiger partial charge in [-0.05, 0) is 44.9 Å². The Hall–Kier alpha value is -2.18. The van der Waals surface area contributed by atoms with E-state index in [2.05, 4.69) is 10.3 Å². The van der Waals surface area contributed by atoms with E-state index < -0.39 is 23.9 Å². The van der Waals surface area contributed by atoms with Crippen LogP contribution in [0.4, 0.5) is 4.79 Å². The first-order valence-electron chi connectivity index (χ1n) is 7.94. The highest BCUT2D eigenvalue weighted by Gasteiger charge is 2.21. The van der Waals surface area contributed by atoms with Crippen LogP contribution in [-0.2, 0) is 4.74 Å². The summed E-state index contributed by atoms with van der Waals surface area (Å²) in [4.78, 5) is 15.8. The molecule has 0 spiro atoms. The normalized spacial score (nSPS) is 14.2. The summed E-state index contributed by atoms with van der Waals surface area (Å²) in [5.74, 6) is 0. The van der Waals surface area contributed by atoms with Crippen LogP contribution in [0, 0.1) is 0 Å². The Balaban J connectivity index is 1.94. The molecular weight excluding hydrogens is 308 g/mol. The molecule has 1 amide bonds. The van der Waals surface area contributed by atoms with Crippen molar-refractivity contribution in [3.8, 4) is 0 Å². The lowest BCUT2D eigenvalue weighted by Crippen LogP contribution is -2.34. The number of amides is 1. The largest absolute Gasteiger partial charge is 0.444 e. The number of pyridine rings is 1. The van der Waals surface area contributed by atoms with Crippen molar-refractivity contribution in [1.29, 1.82) is 0 Å². The van der Waals surface area contributed by atoms with E-state index in [0.717, 1.165) is 10.9 Å². The highest BCUT2D eigenvalue weighted by Crippen LogP contribution is 2.26. The van der Waals surface area contributed by atoms with Crippen molar-refractivity contribution in [2.75, 3.05) is 6.54 Å². The number of nitrogens with one attached hydrogen (secondary N) is 1. The van der Waals surface area contributed by atoms with Crippen LogP contribution in [0.5, 0.6) is 0 Å². The fourth-order valence-corrected chi connectivity index (χ4v) is 2.39. The van der Waals surface area contributed by atoms with Crippen LogP contribution in [0.1, 0.15) is 38.9 Å². The Kier molecular flexibility index (Phi) is 5.75. The standard InChI is InChI=1S/C18H24N2O4/c1-18(2,3)24-17(23)20-11-9-15(21)16(22)13-6-4-8-14-12(13)7-5-10-19-14/h4-8,10,15-16,21-22H,9,11H2,1-3H3,(H,20,23). The van der Waals surface area contributed by atoms with Crippen LogP contribution in [0.15, 0.2) is 36.5 Å². The zero-order valence-electron chi connectivity index (χ0n) is 14.2. The number of nitrogens with zero attached hydrogens (tertiary/aromatic N) is 1. The number of hydrogen-bond acceptors (Lipinski definition) is 5. The molecule has 1 aromatic heterocycles. The van der Waals surface area contributed by atoms with E-state index in [-0.39, 0.29) is 13.0 Å². The molecule has 1 aromatic carbocycles. The van der Waals surface area contributed by atoms with E-state index in [1.165, 1.54) is 0 Å². The van der Waals surface area contributed by atoms with Gasteiger partial charge in [0.05, 0.1) is 11.6 Å². The Morgan fingerprint density at radius 3 is 2.71 bits per heavy atom. The Morgan fingerprint density at radius 2 is 2.00 bits per heavy atom. The van der Waals surface area contributed by atoms with Crippen LogP contribution < -0.4 is 5.32 Å². The highest BCUT2D eigenvalue weighted by molar-refractivity contribution is 5.82. The van der Waals surface area contributed by atoms with E-state index in [1.54, 1.807) is 45.2 Å². The molecule has 0 radical (unpaired) electrons. The molecule has 0 aliphatic heterocycles. The molecule has 0 saturated carbocycles. The third-order valence-electron chi connectivity index (χ3n) is 3.47. The average Bonchev–Trinajstić information content (AvgIpc) is 2.51. The summed E-state index contributed by atoms with van der Waals surface area (Å²) in [6, 6.07) is 9.04. The zero-order valence-corrected chi connectivity index (χ0v) is 14.2. The summed E-state index contributed by atoms with van der Waals surface area (Å²) >= 11 is 0. The quantitative estimate of drug-likeness (QED) is 0.782. The molecule has 2 atom stereocenters. The maximum atomic E-state index is 11.6. The predicted octanol–water partition coefficient (Wildman–Crippen LogP) is 2.54. The Bertz CT molecular complexity index is 691. The Labute approximate surface area is 141 Å². The summed E-state index contributed by atoms with van der Waals surface area (Å²) < 4.78 is 5.12. The molecule has 1 heterocycles. The predicted molar refractivity (Wildman–Crippen MR) is 91.6 cm³/mol. The first kappa shape index (κ1) is 18.2. The number of hydrogen-bond donors (Lipinski definition) is 3. The van der Waals surface area contributed by atoms with Gasteiger partial charge < -0.3 is 20.3 Å². The number of benzene rings is 1. The fraction of sp³-hybridized carbons (Fsp3) is 0.444. The summed E-state index contributed by atoms with van der Waals surface area (Å²) in [6.45, 7) is 5.54. The van der Waals surface area contributed by atoms with Gasteiger partial charge in [0, 0.05) is 18.1 Å². The summed E-state index contributed by atoms with van der Waals surface area (Å²) in [5, 5.41) is 24.0. The van der Waals surface area contributed by atoms with Gasteiger partial charge in [-0.3, -0.25) is 4.98 Å². The van der Waals surface area contributed by atoms with E-state index in [9.17, 15) is 15.0 Å². The summed E-state index contributed by atoms with van der Waals surface area (Å²) in [7, 11) is 0. The molecule has 6 nitrogen and oxygen atoms in total. The molecule has 24 heavy (non-hydrogen) atoms. The molecule has 6 heteroatoms.